The molecular formula is C23H28N8O. The molecule has 1 atom stereocenters. The second-order valence-electron chi connectivity index (χ2n) is 10.0. The Labute approximate surface area is 186 Å². The summed E-state index contributed by atoms with van der Waals surface area (Å²) in [4.78, 5) is 23.4. The van der Waals surface area contributed by atoms with Crippen LogP contribution in [0.3, 0.4) is 0 Å². The fraction of sp³-hybridized carbons (Fsp3) is 0.478. The van der Waals surface area contributed by atoms with E-state index in [-0.39, 0.29) is 16.7 Å². The summed E-state index contributed by atoms with van der Waals surface area (Å²) in [6.07, 6.45) is 6.27. The van der Waals surface area contributed by atoms with Crippen molar-refractivity contribution in [2.45, 2.75) is 38.5 Å². The van der Waals surface area contributed by atoms with Gasteiger partial charge >= 0.3 is 0 Å². The molecule has 2 fully saturated rings. The number of carbonyl (C=O) groups is 1. The maximum atomic E-state index is 11.8. The number of amides is 1. The van der Waals surface area contributed by atoms with Crippen LogP contribution >= 0.6 is 0 Å². The monoisotopic (exact) mass is 432 g/mol. The third-order valence-corrected chi connectivity index (χ3v) is 7.24. The average Bonchev–Trinajstić information content (AvgIpc) is 3.46. The van der Waals surface area contributed by atoms with Gasteiger partial charge in [0.05, 0.1) is 0 Å². The van der Waals surface area contributed by atoms with E-state index in [1.54, 1.807) is 10.7 Å². The highest BCUT2D eigenvalue weighted by atomic mass is 16.1. The third kappa shape index (κ3) is 3.14. The fourth-order valence-electron chi connectivity index (χ4n) is 5.37. The molecule has 0 unspecified atom stereocenters. The van der Waals surface area contributed by atoms with E-state index in [9.17, 15) is 4.79 Å². The molecule has 32 heavy (non-hydrogen) atoms. The van der Waals surface area contributed by atoms with Crippen LogP contribution in [0.1, 0.15) is 38.7 Å². The molecule has 0 radical (unpaired) electrons. The molecule has 3 aliphatic rings. The van der Waals surface area contributed by atoms with Crippen molar-refractivity contribution in [1.82, 2.24) is 24.9 Å². The lowest BCUT2D eigenvalue weighted by Gasteiger charge is -2.33. The second kappa shape index (κ2) is 6.82. The van der Waals surface area contributed by atoms with Gasteiger partial charge in [0, 0.05) is 61.8 Å². The van der Waals surface area contributed by atoms with Gasteiger partial charge in [-0.2, -0.15) is 4.98 Å². The molecule has 6 rings (SSSR count). The minimum absolute atomic E-state index is 0.0105. The van der Waals surface area contributed by atoms with Crippen LogP contribution in [0.2, 0.25) is 0 Å². The van der Waals surface area contributed by atoms with E-state index in [0.29, 0.717) is 12.4 Å². The van der Waals surface area contributed by atoms with Crippen molar-refractivity contribution in [3.63, 3.8) is 0 Å². The quantitative estimate of drug-likeness (QED) is 0.585. The minimum Gasteiger partial charge on any atom is -0.385 e. The van der Waals surface area contributed by atoms with E-state index in [1.165, 1.54) is 11.3 Å². The number of nitrogens with zero attached hydrogens (tertiary/aromatic N) is 5. The number of benzene rings is 1. The zero-order chi connectivity index (χ0) is 21.9. The molecule has 1 amide bonds. The van der Waals surface area contributed by atoms with Gasteiger partial charge in [0.25, 0.3) is 0 Å². The SMILES string of the molecule is CC1(C)CCNc2cc(Nc3nc4c(N5CC[C@@]6(CNC(=O)C6)C5)nccn4n3)ccc21. The van der Waals surface area contributed by atoms with Gasteiger partial charge in [0.15, 0.2) is 11.5 Å². The van der Waals surface area contributed by atoms with Crippen molar-refractivity contribution in [1.29, 1.82) is 0 Å². The Morgan fingerprint density at radius 3 is 2.94 bits per heavy atom. The standard InChI is InChI=1S/C23H28N8O/c1-22(2)5-7-24-17-11-15(3-4-16(17)22)27-21-28-20-19(25-8-10-31(20)29-21)30-9-6-23(14-30)12-18(32)26-13-23/h3-4,8,10-11,24H,5-7,9,12-14H2,1-2H3,(H,26,32)(H,27,29)/t23-/m1/s1. The molecule has 9 heteroatoms. The summed E-state index contributed by atoms with van der Waals surface area (Å²) in [5.74, 6) is 1.51. The molecular weight excluding hydrogens is 404 g/mol. The first kappa shape index (κ1) is 19.3. The van der Waals surface area contributed by atoms with Gasteiger partial charge < -0.3 is 20.9 Å². The zero-order valence-electron chi connectivity index (χ0n) is 18.5. The fourth-order valence-corrected chi connectivity index (χ4v) is 5.37. The highest BCUT2D eigenvalue weighted by Gasteiger charge is 2.44. The van der Waals surface area contributed by atoms with Crippen LogP contribution in [0.4, 0.5) is 23.1 Å². The van der Waals surface area contributed by atoms with Gasteiger partial charge in [-0.15, -0.1) is 5.10 Å². The Bertz CT molecular complexity index is 1220. The topological polar surface area (TPSA) is 99.5 Å². The van der Waals surface area contributed by atoms with E-state index in [4.69, 9.17) is 4.98 Å². The highest BCUT2D eigenvalue weighted by Crippen LogP contribution is 2.40. The number of nitrogens with one attached hydrogen (secondary N) is 3. The Hall–Kier alpha value is -3.36. The van der Waals surface area contributed by atoms with Crippen molar-refractivity contribution in [3.8, 4) is 0 Å². The maximum Gasteiger partial charge on any atom is 0.247 e. The van der Waals surface area contributed by atoms with Gasteiger partial charge in [-0.1, -0.05) is 19.9 Å². The van der Waals surface area contributed by atoms with Crippen LogP contribution in [0.25, 0.3) is 5.65 Å². The van der Waals surface area contributed by atoms with E-state index in [1.807, 2.05) is 6.20 Å². The van der Waals surface area contributed by atoms with Gasteiger partial charge in [0.1, 0.15) is 0 Å². The smallest absolute Gasteiger partial charge is 0.247 e. The molecule has 166 valence electrons. The number of hydrogen-bond acceptors (Lipinski definition) is 7. The first-order valence-electron chi connectivity index (χ1n) is 11.3. The first-order valence-corrected chi connectivity index (χ1v) is 11.3. The third-order valence-electron chi connectivity index (χ3n) is 7.24. The minimum atomic E-state index is 0.0105. The Morgan fingerprint density at radius 1 is 1.19 bits per heavy atom. The van der Waals surface area contributed by atoms with Crippen LogP contribution in [0, 0.1) is 5.41 Å². The molecule has 9 nitrogen and oxygen atoms in total. The molecule has 3 aromatic rings. The van der Waals surface area contributed by atoms with Gasteiger partial charge in [-0.05, 0) is 36.0 Å². The molecule has 0 bridgehead atoms. The maximum absolute atomic E-state index is 11.8. The molecule has 0 aliphatic carbocycles. The normalized spacial score (nSPS) is 23.9. The summed E-state index contributed by atoms with van der Waals surface area (Å²) >= 11 is 0. The van der Waals surface area contributed by atoms with Crippen LogP contribution in [-0.4, -0.2) is 51.7 Å². The molecule has 0 saturated carbocycles. The predicted octanol–water partition coefficient (Wildman–Crippen LogP) is 2.68. The van der Waals surface area contributed by atoms with Crippen molar-refractivity contribution in [2.24, 2.45) is 5.41 Å². The molecule has 1 spiro atoms. The average molecular weight is 433 g/mol. The number of aromatic nitrogens is 4. The summed E-state index contributed by atoms with van der Waals surface area (Å²) in [7, 11) is 0. The lowest BCUT2D eigenvalue weighted by Crippen LogP contribution is -2.29. The van der Waals surface area contributed by atoms with Crippen molar-refractivity contribution < 1.29 is 4.79 Å². The molecule has 3 N–H and O–H groups in total. The van der Waals surface area contributed by atoms with Crippen molar-refractivity contribution in [3.05, 3.63) is 36.2 Å². The summed E-state index contributed by atoms with van der Waals surface area (Å²) < 4.78 is 1.77. The van der Waals surface area contributed by atoms with E-state index >= 15 is 0 Å². The van der Waals surface area contributed by atoms with Gasteiger partial charge in [0.2, 0.25) is 11.9 Å². The number of fused-ring (bicyclic) bond motifs is 2. The van der Waals surface area contributed by atoms with Crippen LogP contribution < -0.4 is 20.9 Å². The van der Waals surface area contributed by atoms with Crippen LogP contribution in [-0.2, 0) is 10.2 Å². The Balaban J connectivity index is 1.27. The number of hydrogen-bond donors (Lipinski definition) is 3. The first-order chi connectivity index (χ1) is 15.4. The second-order valence-corrected chi connectivity index (χ2v) is 10.0. The lowest BCUT2D eigenvalue weighted by molar-refractivity contribution is -0.119. The number of rotatable bonds is 3. The number of anilines is 4. The molecule has 5 heterocycles. The zero-order valence-corrected chi connectivity index (χ0v) is 18.5. The Morgan fingerprint density at radius 2 is 2.09 bits per heavy atom. The van der Waals surface area contributed by atoms with Gasteiger partial charge in [-0.25, -0.2) is 9.50 Å². The highest BCUT2D eigenvalue weighted by molar-refractivity contribution is 5.80. The number of carbonyl (C=O) groups excluding carboxylic acids is 1. The van der Waals surface area contributed by atoms with E-state index < -0.39 is 0 Å². The summed E-state index contributed by atoms with van der Waals surface area (Å²) in [6, 6.07) is 6.41. The summed E-state index contributed by atoms with van der Waals surface area (Å²) in [6.45, 7) is 7.97. The van der Waals surface area contributed by atoms with E-state index in [2.05, 4.69) is 63.0 Å². The van der Waals surface area contributed by atoms with E-state index in [0.717, 1.165) is 56.2 Å². The summed E-state index contributed by atoms with van der Waals surface area (Å²) in [5, 5.41) is 14.5. The molecule has 3 aliphatic heterocycles. The van der Waals surface area contributed by atoms with Crippen LogP contribution in [0.5, 0.6) is 0 Å². The van der Waals surface area contributed by atoms with Crippen molar-refractivity contribution >= 4 is 34.7 Å². The summed E-state index contributed by atoms with van der Waals surface area (Å²) in [5.41, 5.74) is 4.37. The van der Waals surface area contributed by atoms with Gasteiger partial charge in [-0.3, -0.25) is 4.79 Å². The van der Waals surface area contributed by atoms with Crippen LogP contribution in [0.15, 0.2) is 30.6 Å². The lowest BCUT2D eigenvalue weighted by atomic mass is 9.78. The van der Waals surface area contributed by atoms with Crippen molar-refractivity contribution in [2.75, 3.05) is 41.7 Å². The Kier molecular flexibility index (Phi) is 4.12. The molecule has 2 saturated heterocycles. The predicted molar refractivity (Wildman–Crippen MR) is 124 cm³/mol. The molecule has 2 aromatic heterocycles. The molecule has 1 aromatic carbocycles. The largest absolute Gasteiger partial charge is 0.385 e.